The van der Waals surface area contributed by atoms with Crippen LogP contribution >= 0.6 is 0 Å². The van der Waals surface area contributed by atoms with E-state index >= 15 is 0 Å². The Bertz CT molecular complexity index is 498. The summed E-state index contributed by atoms with van der Waals surface area (Å²) in [4.78, 5) is 11.1. The predicted molar refractivity (Wildman–Crippen MR) is 66.8 cm³/mol. The number of ether oxygens (including phenoxy) is 1. The highest BCUT2D eigenvalue weighted by atomic mass is 16.5. The number of carbonyl (C=O) groups is 1. The van der Waals surface area contributed by atoms with E-state index in [4.69, 9.17) is 4.74 Å². The maximum atomic E-state index is 11.1. The zero-order valence-corrected chi connectivity index (χ0v) is 9.51. The van der Waals surface area contributed by atoms with Crippen LogP contribution in [0.25, 0.3) is 6.08 Å². The molecule has 0 fully saturated rings. The molecule has 1 aromatic carbocycles. The average molecular weight is 227 g/mol. The highest BCUT2D eigenvalue weighted by Gasteiger charge is 2.16. The number of methoxy groups -OCH3 is 1. The quantitative estimate of drug-likeness (QED) is 0.860. The molecule has 3 heteroatoms. The Kier molecular flexibility index (Phi) is 3.40. The smallest absolute Gasteiger partial charge is 0.252 e. The van der Waals surface area contributed by atoms with Gasteiger partial charge in [-0.2, -0.15) is 0 Å². The molecule has 1 aliphatic heterocycles. The molecule has 0 aromatic heterocycles. The van der Waals surface area contributed by atoms with Gasteiger partial charge in [-0.3, -0.25) is 4.79 Å². The predicted octanol–water partition coefficient (Wildman–Crippen LogP) is 2.24. The van der Waals surface area contributed by atoms with Gasteiger partial charge in [-0.15, -0.1) is 0 Å². The Morgan fingerprint density at radius 3 is 2.71 bits per heavy atom. The third kappa shape index (κ3) is 2.84. The third-order valence-electron chi connectivity index (χ3n) is 2.36. The molecule has 17 heavy (non-hydrogen) atoms. The van der Waals surface area contributed by atoms with Crippen molar-refractivity contribution in [1.82, 2.24) is 5.32 Å². The van der Waals surface area contributed by atoms with Crippen molar-refractivity contribution < 1.29 is 9.53 Å². The van der Waals surface area contributed by atoms with E-state index in [2.05, 4.69) is 5.32 Å². The lowest BCUT2D eigenvalue weighted by atomic mass is 10.2. The summed E-state index contributed by atoms with van der Waals surface area (Å²) in [5.41, 5.74) is 1.79. The summed E-state index contributed by atoms with van der Waals surface area (Å²) in [6.45, 7) is 0. The van der Waals surface area contributed by atoms with E-state index in [0.717, 1.165) is 5.56 Å². The molecule has 2 rings (SSSR count). The monoisotopic (exact) mass is 227 g/mol. The molecule has 0 spiro atoms. The Morgan fingerprint density at radius 2 is 2.00 bits per heavy atom. The number of nitrogens with one attached hydrogen (secondary N) is 1. The zero-order valence-electron chi connectivity index (χ0n) is 9.51. The number of rotatable bonds is 3. The lowest BCUT2D eigenvalue weighted by molar-refractivity contribution is -0.115. The Morgan fingerprint density at radius 1 is 1.24 bits per heavy atom. The van der Waals surface area contributed by atoms with Crippen LogP contribution in [0.2, 0.25) is 0 Å². The molecular weight excluding hydrogens is 214 g/mol. The van der Waals surface area contributed by atoms with E-state index in [0.29, 0.717) is 11.5 Å². The maximum Gasteiger partial charge on any atom is 0.252 e. The van der Waals surface area contributed by atoms with Crippen LogP contribution in [0.15, 0.2) is 60.0 Å². The van der Waals surface area contributed by atoms with Gasteiger partial charge >= 0.3 is 0 Å². The highest BCUT2D eigenvalue weighted by Crippen LogP contribution is 2.14. The maximum absolute atomic E-state index is 11.1. The molecule has 3 nitrogen and oxygen atoms in total. The minimum absolute atomic E-state index is 0.152. The van der Waals surface area contributed by atoms with Gasteiger partial charge in [-0.1, -0.05) is 42.5 Å². The normalized spacial score (nSPS) is 17.4. The Hall–Kier alpha value is -2.29. The van der Waals surface area contributed by atoms with Crippen LogP contribution in [0.4, 0.5) is 0 Å². The molecule has 0 atom stereocenters. The van der Waals surface area contributed by atoms with Crippen molar-refractivity contribution in [2.75, 3.05) is 7.11 Å². The first-order valence-corrected chi connectivity index (χ1v) is 5.30. The fourth-order valence-corrected chi connectivity index (χ4v) is 1.54. The summed E-state index contributed by atoms with van der Waals surface area (Å²) >= 11 is 0. The van der Waals surface area contributed by atoms with Crippen LogP contribution < -0.4 is 5.32 Å². The lowest BCUT2D eigenvalue weighted by Gasteiger charge is -2.01. The average Bonchev–Trinajstić information content (AvgIpc) is 2.71. The van der Waals surface area contributed by atoms with E-state index in [1.165, 1.54) is 6.08 Å². The topological polar surface area (TPSA) is 38.3 Å². The van der Waals surface area contributed by atoms with Crippen molar-refractivity contribution in [1.29, 1.82) is 0 Å². The fourth-order valence-electron chi connectivity index (χ4n) is 1.54. The minimum atomic E-state index is -0.152. The second kappa shape index (κ2) is 5.16. The summed E-state index contributed by atoms with van der Waals surface area (Å²) in [6.07, 6.45) is 7.09. The van der Waals surface area contributed by atoms with Crippen molar-refractivity contribution in [2.24, 2.45) is 0 Å². The van der Waals surface area contributed by atoms with Crippen molar-refractivity contribution in [2.45, 2.75) is 0 Å². The number of carbonyl (C=O) groups excluding carboxylic acids is 1. The van der Waals surface area contributed by atoms with E-state index < -0.39 is 0 Å². The SMILES string of the molecule is COC1=CC(=O)N/C1=C\C=C\c1ccccc1. The van der Waals surface area contributed by atoms with Crippen molar-refractivity contribution in [3.8, 4) is 0 Å². The molecule has 1 aliphatic rings. The molecule has 0 saturated carbocycles. The van der Waals surface area contributed by atoms with Gasteiger partial charge in [-0.25, -0.2) is 0 Å². The van der Waals surface area contributed by atoms with Crippen LogP contribution in [0.5, 0.6) is 0 Å². The summed E-state index contributed by atoms with van der Waals surface area (Å²) in [5, 5.41) is 2.69. The third-order valence-corrected chi connectivity index (χ3v) is 2.36. The zero-order chi connectivity index (χ0) is 12.1. The summed E-state index contributed by atoms with van der Waals surface area (Å²) in [7, 11) is 1.54. The molecule has 0 saturated heterocycles. The molecule has 1 aromatic rings. The number of hydrogen-bond acceptors (Lipinski definition) is 2. The van der Waals surface area contributed by atoms with Gasteiger partial charge in [0.25, 0.3) is 5.91 Å². The van der Waals surface area contributed by atoms with Gasteiger partial charge in [-0.05, 0) is 11.6 Å². The van der Waals surface area contributed by atoms with Gasteiger partial charge in [0.05, 0.1) is 12.8 Å². The molecule has 86 valence electrons. The van der Waals surface area contributed by atoms with E-state index in [1.54, 1.807) is 7.11 Å². The molecule has 0 bridgehead atoms. The van der Waals surface area contributed by atoms with Crippen LogP contribution in [0.3, 0.4) is 0 Å². The van der Waals surface area contributed by atoms with Crippen LogP contribution in [-0.2, 0) is 9.53 Å². The lowest BCUT2D eigenvalue weighted by Crippen LogP contribution is -2.13. The number of benzene rings is 1. The van der Waals surface area contributed by atoms with E-state index in [9.17, 15) is 4.79 Å². The summed E-state index contributed by atoms with van der Waals surface area (Å²) < 4.78 is 5.07. The van der Waals surface area contributed by atoms with E-state index in [-0.39, 0.29) is 5.91 Å². The van der Waals surface area contributed by atoms with Crippen molar-refractivity contribution >= 4 is 12.0 Å². The second-order valence-electron chi connectivity index (χ2n) is 3.55. The molecular formula is C14H13NO2. The fraction of sp³-hybridized carbons (Fsp3) is 0.0714. The van der Waals surface area contributed by atoms with Crippen LogP contribution in [0, 0.1) is 0 Å². The molecule has 1 heterocycles. The van der Waals surface area contributed by atoms with Crippen LogP contribution in [-0.4, -0.2) is 13.0 Å². The van der Waals surface area contributed by atoms with Gasteiger partial charge in [0.15, 0.2) is 0 Å². The standard InChI is InChI=1S/C14H13NO2/c1-17-13-10-14(16)15-12(13)9-5-8-11-6-3-2-4-7-11/h2-10H,1H3,(H,15,16)/b8-5+,12-9-. The summed E-state index contributed by atoms with van der Waals surface area (Å²) in [5.74, 6) is 0.411. The number of amides is 1. The first-order chi connectivity index (χ1) is 8.29. The van der Waals surface area contributed by atoms with E-state index in [1.807, 2.05) is 48.6 Å². The van der Waals surface area contributed by atoms with Gasteiger partial charge in [0, 0.05) is 6.08 Å². The highest BCUT2D eigenvalue weighted by molar-refractivity contribution is 5.94. The largest absolute Gasteiger partial charge is 0.494 e. The van der Waals surface area contributed by atoms with Crippen LogP contribution in [0.1, 0.15) is 5.56 Å². The summed E-state index contributed by atoms with van der Waals surface area (Å²) in [6, 6.07) is 9.94. The van der Waals surface area contributed by atoms with Gasteiger partial charge < -0.3 is 10.1 Å². The molecule has 1 amide bonds. The number of allylic oxidation sites excluding steroid dienone is 2. The molecule has 0 aliphatic carbocycles. The minimum Gasteiger partial charge on any atom is -0.494 e. The van der Waals surface area contributed by atoms with Gasteiger partial charge in [0.2, 0.25) is 0 Å². The molecule has 0 radical (unpaired) electrons. The van der Waals surface area contributed by atoms with Gasteiger partial charge in [0.1, 0.15) is 5.76 Å². The first-order valence-electron chi connectivity index (χ1n) is 5.30. The first kappa shape index (κ1) is 11.2. The Balaban J connectivity index is 2.09. The Labute approximate surface area is 100 Å². The molecule has 1 N–H and O–H groups in total. The van der Waals surface area contributed by atoms with Crippen molar-refractivity contribution in [3.63, 3.8) is 0 Å². The molecule has 0 unspecified atom stereocenters. The number of hydrogen-bond donors (Lipinski definition) is 1. The van der Waals surface area contributed by atoms with Crippen molar-refractivity contribution in [3.05, 3.63) is 65.6 Å². The second-order valence-corrected chi connectivity index (χ2v) is 3.55.